The SMILES string of the molecule is CCc1c(C(=O)N2CCC(C)(CN)C2)cnn1-c1ccc(F)cc1. The standard InChI is InChI=1S/C18H23FN4O/c1-3-16-15(17(24)22-9-8-18(2,11-20)12-22)10-21-23(16)14-6-4-13(19)5-7-14/h4-7,10H,3,8-9,11-12,20H2,1-2H3. The van der Waals surface area contributed by atoms with Crippen molar-refractivity contribution in [2.45, 2.75) is 26.7 Å². The highest BCUT2D eigenvalue weighted by atomic mass is 19.1. The quantitative estimate of drug-likeness (QED) is 0.936. The Morgan fingerprint density at radius 1 is 1.38 bits per heavy atom. The zero-order chi connectivity index (χ0) is 17.3. The first kappa shape index (κ1) is 16.6. The molecule has 3 rings (SSSR count). The minimum atomic E-state index is -0.293. The normalized spacial score (nSPS) is 20.6. The predicted molar refractivity (Wildman–Crippen MR) is 90.6 cm³/mol. The summed E-state index contributed by atoms with van der Waals surface area (Å²) in [4.78, 5) is 14.8. The lowest BCUT2D eigenvalue weighted by Gasteiger charge is -2.22. The number of rotatable bonds is 4. The van der Waals surface area contributed by atoms with E-state index in [0.29, 0.717) is 25.1 Å². The lowest BCUT2D eigenvalue weighted by molar-refractivity contribution is 0.0776. The number of carbonyl (C=O) groups excluding carboxylic acids is 1. The third-order valence-corrected chi connectivity index (χ3v) is 4.84. The lowest BCUT2D eigenvalue weighted by Crippen LogP contribution is -2.34. The zero-order valence-corrected chi connectivity index (χ0v) is 14.1. The van der Waals surface area contributed by atoms with Gasteiger partial charge in [-0.1, -0.05) is 13.8 Å². The molecule has 1 aliphatic heterocycles. The lowest BCUT2D eigenvalue weighted by atomic mass is 9.90. The number of amides is 1. The van der Waals surface area contributed by atoms with Crippen LogP contribution in [0.4, 0.5) is 4.39 Å². The van der Waals surface area contributed by atoms with Crippen LogP contribution in [0.5, 0.6) is 0 Å². The van der Waals surface area contributed by atoms with Crippen molar-refractivity contribution in [1.29, 1.82) is 0 Å². The highest BCUT2D eigenvalue weighted by molar-refractivity contribution is 5.95. The number of nitrogens with zero attached hydrogens (tertiary/aromatic N) is 3. The second-order valence-corrected chi connectivity index (χ2v) is 6.74. The van der Waals surface area contributed by atoms with Gasteiger partial charge in [0.2, 0.25) is 0 Å². The summed E-state index contributed by atoms with van der Waals surface area (Å²) < 4.78 is 14.8. The first-order valence-corrected chi connectivity index (χ1v) is 8.29. The summed E-state index contributed by atoms with van der Waals surface area (Å²) in [5.41, 5.74) is 8.03. The molecule has 24 heavy (non-hydrogen) atoms. The number of benzene rings is 1. The molecule has 1 amide bonds. The largest absolute Gasteiger partial charge is 0.338 e. The van der Waals surface area contributed by atoms with Crippen LogP contribution in [0.15, 0.2) is 30.5 Å². The van der Waals surface area contributed by atoms with Crippen LogP contribution in [0.1, 0.15) is 36.3 Å². The Balaban J connectivity index is 1.89. The Morgan fingerprint density at radius 2 is 2.08 bits per heavy atom. The molecule has 1 unspecified atom stereocenters. The van der Waals surface area contributed by atoms with Crippen LogP contribution in [-0.2, 0) is 6.42 Å². The first-order chi connectivity index (χ1) is 11.5. The molecule has 1 fully saturated rings. The zero-order valence-electron chi connectivity index (χ0n) is 14.1. The second kappa shape index (κ2) is 6.36. The number of nitrogens with two attached hydrogens (primary N) is 1. The number of aromatic nitrogens is 2. The summed E-state index contributed by atoms with van der Waals surface area (Å²) >= 11 is 0. The predicted octanol–water partition coefficient (Wildman–Crippen LogP) is 2.38. The fourth-order valence-electron chi connectivity index (χ4n) is 3.23. The Bertz CT molecular complexity index is 740. The van der Waals surface area contributed by atoms with Gasteiger partial charge in [0, 0.05) is 13.1 Å². The highest BCUT2D eigenvalue weighted by Gasteiger charge is 2.36. The summed E-state index contributed by atoms with van der Waals surface area (Å²) in [7, 11) is 0. The molecule has 0 spiro atoms. The minimum absolute atomic E-state index is 0.00242. The van der Waals surface area contributed by atoms with Crippen molar-refractivity contribution in [1.82, 2.24) is 14.7 Å². The van der Waals surface area contributed by atoms with E-state index in [1.807, 2.05) is 11.8 Å². The minimum Gasteiger partial charge on any atom is -0.338 e. The van der Waals surface area contributed by atoms with Gasteiger partial charge in [-0.3, -0.25) is 4.79 Å². The third kappa shape index (κ3) is 2.94. The van der Waals surface area contributed by atoms with E-state index in [2.05, 4.69) is 12.0 Å². The van der Waals surface area contributed by atoms with Crippen LogP contribution in [0.3, 0.4) is 0 Å². The Hall–Kier alpha value is -2.21. The van der Waals surface area contributed by atoms with E-state index in [9.17, 15) is 9.18 Å². The highest BCUT2D eigenvalue weighted by Crippen LogP contribution is 2.30. The van der Waals surface area contributed by atoms with E-state index in [0.717, 1.165) is 24.3 Å². The fourth-order valence-corrected chi connectivity index (χ4v) is 3.23. The molecular weight excluding hydrogens is 307 g/mol. The molecule has 2 heterocycles. The van der Waals surface area contributed by atoms with Gasteiger partial charge in [0.05, 0.1) is 23.1 Å². The van der Waals surface area contributed by atoms with Crippen LogP contribution in [0, 0.1) is 11.2 Å². The molecule has 1 aromatic heterocycles. The van der Waals surface area contributed by atoms with Crippen molar-refractivity contribution in [2.75, 3.05) is 19.6 Å². The van der Waals surface area contributed by atoms with E-state index in [1.54, 1.807) is 23.0 Å². The molecule has 0 radical (unpaired) electrons. The fraction of sp³-hybridized carbons (Fsp3) is 0.444. The van der Waals surface area contributed by atoms with E-state index < -0.39 is 0 Å². The average molecular weight is 330 g/mol. The molecule has 1 aromatic carbocycles. The van der Waals surface area contributed by atoms with E-state index >= 15 is 0 Å². The number of likely N-dealkylation sites (tertiary alicyclic amines) is 1. The molecule has 0 aliphatic carbocycles. The average Bonchev–Trinajstić information content (AvgIpc) is 3.19. The molecule has 2 N–H and O–H groups in total. The molecule has 1 atom stereocenters. The van der Waals surface area contributed by atoms with Gasteiger partial charge in [-0.2, -0.15) is 5.10 Å². The van der Waals surface area contributed by atoms with Crippen molar-refractivity contribution in [3.8, 4) is 5.69 Å². The molecule has 0 bridgehead atoms. The van der Waals surface area contributed by atoms with Crippen LogP contribution >= 0.6 is 0 Å². The smallest absolute Gasteiger partial charge is 0.257 e. The van der Waals surface area contributed by atoms with Crippen LogP contribution in [0.2, 0.25) is 0 Å². The topological polar surface area (TPSA) is 64.2 Å². The first-order valence-electron chi connectivity index (χ1n) is 8.29. The third-order valence-electron chi connectivity index (χ3n) is 4.84. The summed E-state index contributed by atoms with van der Waals surface area (Å²) in [6, 6.07) is 6.12. The molecular formula is C18H23FN4O. The molecule has 1 aliphatic rings. The van der Waals surface area contributed by atoms with E-state index in [1.165, 1.54) is 12.1 Å². The molecule has 1 saturated heterocycles. The van der Waals surface area contributed by atoms with Crippen LogP contribution in [-0.4, -0.2) is 40.2 Å². The van der Waals surface area contributed by atoms with Gasteiger partial charge in [0.25, 0.3) is 5.91 Å². The van der Waals surface area contributed by atoms with Crippen molar-refractivity contribution in [3.05, 3.63) is 47.5 Å². The van der Waals surface area contributed by atoms with Crippen molar-refractivity contribution in [2.24, 2.45) is 11.1 Å². The molecule has 5 nitrogen and oxygen atoms in total. The van der Waals surface area contributed by atoms with E-state index in [4.69, 9.17) is 5.73 Å². The van der Waals surface area contributed by atoms with Crippen molar-refractivity contribution >= 4 is 5.91 Å². The van der Waals surface area contributed by atoms with Crippen LogP contribution in [0.25, 0.3) is 5.69 Å². The van der Waals surface area contributed by atoms with Gasteiger partial charge in [0.15, 0.2) is 0 Å². The Morgan fingerprint density at radius 3 is 2.67 bits per heavy atom. The van der Waals surface area contributed by atoms with Gasteiger partial charge < -0.3 is 10.6 Å². The monoisotopic (exact) mass is 330 g/mol. The van der Waals surface area contributed by atoms with Crippen molar-refractivity contribution in [3.63, 3.8) is 0 Å². The molecule has 0 saturated carbocycles. The maximum Gasteiger partial charge on any atom is 0.257 e. The summed E-state index contributed by atoms with van der Waals surface area (Å²) in [6.07, 6.45) is 3.20. The van der Waals surface area contributed by atoms with Crippen LogP contribution < -0.4 is 5.73 Å². The number of hydrogen-bond donors (Lipinski definition) is 1. The van der Waals surface area contributed by atoms with E-state index in [-0.39, 0.29) is 17.1 Å². The maximum atomic E-state index is 13.1. The van der Waals surface area contributed by atoms with Gasteiger partial charge in [-0.05, 0) is 49.1 Å². The molecule has 6 heteroatoms. The van der Waals surface area contributed by atoms with Gasteiger partial charge in [-0.25, -0.2) is 9.07 Å². The summed E-state index contributed by atoms with van der Waals surface area (Å²) in [5.74, 6) is -0.296. The van der Waals surface area contributed by atoms with Gasteiger partial charge in [0.1, 0.15) is 5.82 Å². The van der Waals surface area contributed by atoms with Gasteiger partial charge >= 0.3 is 0 Å². The number of halogens is 1. The number of hydrogen-bond acceptors (Lipinski definition) is 3. The maximum absolute atomic E-state index is 13.1. The van der Waals surface area contributed by atoms with Gasteiger partial charge in [-0.15, -0.1) is 0 Å². The Labute approximate surface area is 141 Å². The van der Waals surface area contributed by atoms with Crippen molar-refractivity contribution < 1.29 is 9.18 Å². The number of carbonyl (C=O) groups is 1. The molecule has 2 aromatic rings. The second-order valence-electron chi connectivity index (χ2n) is 6.74. The summed E-state index contributed by atoms with van der Waals surface area (Å²) in [6.45, 7) is 6.07. The summed E-state index contributed by atoms with van der Waals surface area (Å²) in [5, 5.41) is 4.36. The Kier molecular flexibility index (Phi) is 4.41. The molecule has 128 valence electrons.